The summed E-state index contributed by atoms with van der Waals surface area (Å²) in [6.45, 7) is 2.70. The molecule has 6 nitrogen and oxygen atoms in total. The standard InChI is InChI=1S/C10H10N2O4/c1-2-11-4-3-7-5-9(13)10(6-8(7)11)16-12(14)15/h3-6,13H,2H2,1H3. The fourth-order valence-corrected chi connectivity index (χ4v) is 1.64. The maximum Gasteiger partial charge on any atom is 0.299 e. The van der Waals surface area contributed by atoms with Gasteiger partial charge in [-0.2, -0.15) is 0 Å². The molecule has 0 aliphatic heterocycles. The number of nitrogens with zero attached hydrogens (tertiary/aromatic N) is 2. The van der Waals surface area contributed by atoms with E-state index in [2.05, 4.69) is 4.84 Å². The van der Waals surface area contributed by atoms with Gasteiger partial charge in [0.05, 0.1) is 5.52 Å². The molecule has 84 valence electrons. The molecule has 0 spiro atoms. The second-order valence-corrected chi connectivity index (χ2v) is 3.30. The van der Waals surface area contributed by atoms with Crippen molar-refractivity contribution in [2.24, 2.45) is 0 Å². The number of aryl methyl sites for hydroxylation is 1. The third-order valence-corrected chi connectivity index (χ3v) is 2.37. The van der Waals surface area contributed by atoms with E-state index in [-0.39, 0.29) is 11.5 Å². The minimum atomic E-state index is -0.944. The third-order valence-electron chi connectivity index (χ3n) is 2.37. The molecule has 0 unspecified atom stereocenters. The molecule has 16 heavy (non-hydrogen) atoms. The Bertz CT molecular complexity index is 547. The molecule has 1 heterocycles. The van der Waals surface area contributed by atoms with Crippen LogP contribution in [0.4, 0.5) is 0 Å². The van der Waals surface area contributed by atoms with Crippen molar-refractivity contribution in [3.05, 3.63) is 34.5 Å². The van der Waals surface area contributed by atoms with Crippen molar-refractivity contribution >= 4 is 10.9 Å². The zero-order valence-electron chi connectivity index (χ0n) is 8.58. The molecule has 1 aromatic carbocycles. The van der Waals surface area contributed by atoms with Crippen LogP contribution in [0.1, 0.15) is 6.92 Å². The summed E-state index contributed by atoms with van der Waals surface area (Å²) in [7, 11) is 0. The Kier molecular flexibility index (Phi) is 2.40. The topological polar surface area (TPSA) is 77.5 Å². The van der Waals surface area contributed by atoms with Crippen molar-refractivity contribution in [1.82, 2.24) is 4.57 Å². The number of hydrogen-bond acceptors (Lipinski definition) is 4. The van der Waals surface area contributed by atoms with Gasteiger partial charge in [-0.25, -0.2) is 0 Å². The highest BCUT2D eigenvalue weighted by molar-refractivity contribution is 5.83. The van der Waals surface area contributed by atoms with Crippen molar-refractivity contribution in [2.75, 3.05) is 0 Å². The summed E-state index contributed by atoms with van der Waals surface area (Å²) in [6, 6.07) is 4.73. The Morgan fingerprint density at radius 2 is 2.31 bits per heavy atom. The molecule has 0 saturated carbocycles. The highest BCUT2D eigenvalue weighted by Gasteiger charge is 2.10. The predicted octanol–water partition coefficient (Wildman–Crippen LogP) is 1.94. The van der Waals surface area contributed by atoms with E-state index >= 15 is 0 Å². The number of rotatable bonds is 3. The molecular weight excluding hydrogens is 212 g/mol. The van der Waals surface area contributed by atoms with E-state index in [1.54, 1.807) is 0 Å². The smallest absolute Gasteiger partial charge is 0.299 e. The van der Waals surface area contributed by atoms with E-state index in [9.17, 15) is 15.2 Å². The normalized spacial score (nSPS) is 10.6. The lowest BCUT2D eigenvalue weighted by Crippen LogP contribution is -2.03. The molecule has 0 amide bonds. The zero-order valence-corrected chi connectivity index (χ0v) is 8.58. The van der Waals surface area contributed by atoms with Gasteiger partial charge in [-0.1, -0.05) is 0 Å². The van der Waals surface area contributed by atoms with Crippen molar-refractivity contribution in [3.8, 4) is 11.5 Å². The number of phenols is 1. The fourth-order valence-electron chi connectivity index (χ4n) is 1.64. The number of aromatic hydroxyl groups is 1. The van der Waals surface area contributed by atoms with Crippen LogP contribution in [0.3, 0.4) is 0 Å². The van der Waals surface area contributed by atoms with E-state index in [1.807, 2.05) is 23.8 Å². The minimum absolute atomic E-state index is 0.147. The first-order chi connectivity index (χ1) is 7.61. The monoisotopic (exact) mass is 222 g/mol. The van der Waals surface area contributed by atoms with Gasteiger partial charge in [-0.05, 0) is 25.1 Å². The fraction of sp³-hybridized carbons (Fsp3) is 0.200. The molecule has 0 saturated heterocycles. The largest absolute Gasteiger partial charge is 0.506 e. The van der Waals surface area contributed by atoms with E-state index in [0.717, 1.165) is 17.4 Å². The molecule has 0 aliphatic carbocycles. The molecule has 1 N–H and O–H groups in total. The van der Waals surface area contributed by atoms with Crippen LogP contribution in [-0.2, 0) is 6.54 Å². The molecular formula is C10H10N2O4. The molecule has 0 radical (unpaired) electrons. The highest BCUT2D eigenvalue weighted by atomic mass is 17.0. The lowest BCUT2D eigenvalue weighted by Gasteiger charge is -2.05. The van der Waals surface area contributed by atoms with Crippen molar-refractivity contribution in [3.63, 3.8) is 0 Å². The first-order valence-corrected chi connectivity index (χ1v) is 4.76. The van der Waals surface area contributed by atoms with Gasteiger partial charge in [0, 0.05) is 18.1 Å². The van der Waals surface area contributed by atoms with Gasteiger partial charge in [-0.15, -0.1) is 10.1 Å². The maximum atomic E-state index is 10.2. The Hall–Kier alpha value is -2.24. The third kappa shape index (κ3) is 1.65. The molecule has 2 rings (SSSR count). The van der Waals surface area contributed by atoms with Crippen molar-refractivity contribution in [2.45, 2.75) is 13.5 Å². The summed E-state index contributed by atoms with van der Waals surface area (Å²) in [4.78, 5) is 14.5. The number of hydrogen-bond donors (Lipinski definition) is 1. The predicted molar refractivity (Wildman–Crippen MR) is 56.9 cm³/mol. The number of fused-ring (bicyclic) bond motifs is 1. The van der Waals surface area contributed by atoms with Gasteiger partial charge >= 0.3 is 0 Å². The molecule has 2 aromatic rings. The summed E-state index contributed by atoms with van der Waals surface area (Å²) in [5, 5.41) is 19.6. The van der Waals surface area contributed by atoms with Crippen LogP contribution in [-0.4, -0.2) is 14.8 Å². The molecule has 0 aliphatic rings. The Morgan fingerprint density at radius 1 is 1.56 bits per heavy atom. The summed E-state index contributed by atoms with van der Waals surface area (Å²) >= 11 is 0. The summed E-state index contributed by atoms with van der Waals surface area (Å²) < 4.78 is 1.90. The minimum Gasteiger partial charge on any atom is -0.506 e. The van der Waals surface area contributed by atoms with Crippen LogP contribution < -0.4 is 4.84 Å². The van der Waals surface area contributed by atoms with E-state index in [0.29, 0.717) is 0 Å². The lowest BCUT2D eigenvalue weighted by atomic mass is 10.2. The van der Waals surface area contributed by atoms with E-state index < -0.39 is 5.09 Å². The Labute approximate surface area is 90.8 Å². The SMILES string of the molecule is CCn1ccc2cc(O)c(O[N+](=O)[O-])cc21. The average molecular weight is 222 g/mol. The van der Waals surface area contributed by atoms with Gasteiger partial charge < -0.3 is 9.67 Å². The van der Waals surface area contributed by atoms with Gasteiger partial charge in [0.2, 0.25) is 0 Å². The number of phenolic OH excluding ortho intramolecular Hbond substituents is 1. The maximum absolute atomic E-state index is 10.2. The van der Waals surface area contributed by atoms with Crippen molar-refractivity contribution < 1.29 is 15.0 Å². The lowest BCUT2D eigenvalue weighted by molar-refractivity contribution is -0.711. The molecule has 6 heteroatoms. The van der Waals surface area contributed by atoms with Crippen LogP contribution in [0.2, 0.25) is 0 Å². The van der Waals surface area contributed by atoms with E-state index in [1.165, 1.54) is 12.1 Å². The summed E-state index contributed by atoms with van der Waals surface area (Å²) in [5.74, 6) is -0.385. The number of benzene rings is 1. The summed E-state index contributed by atoms with van der Waals surface area (Å²) in [5.41, 5.74) is 0.789. The van der Waals surface area contributed by atoms with Crippen LogP contribution in [0, 0.1) is 10.1 Å². The Balaban J connectivity index is 2.57. The van der Waals surface area contributed by atoms with Gasteiger partial charge in [0.1, 0.15) is 5.75 Å². The van der Waals surface area contributed by atoms with Crippen LogP contribution in [0.25, 0.3) is 10.9 Å². The highest BCUT2D eigenvalue weighted by Crippen LogP contribution is 2.31. The average Bonchev–Trinajstić information content (AvgIpc) is 2.60. The van der Waals surface area contributed by atoms with Crippen LogP contribution in [0.5, 0.6) is 11.5 Å². The molecule has 0 atom stereocenters. The molecule has 1 aromatic heterocycles. The van der Waals surface area contributed by atoms with E-state index in [4.69, 9.17) is 0 Å². The first-order valence-electron chi connectivity index (χ1n) is 4.76. The second kappa shape index (κ2) is 3.73. The number of aromatic nitrogens is 1. The Morgan fingerprint density at radius 3 is 2.94 bits per heavy atom. The second-order valence-electron chi connectivity index (χ2n) is 3.30. The van der Waals surface area contributed by atoms with Crippen LogP contribution >= 0.6 is 0 Å². The van der Waals surface area contributed by atoms with Crippen LogP contribution in [0.15, 0.2) is 24.4 Å². The van der Waals surface area contributed by atoms with Gasteiger partial charge in [0.15, 0.2) is 5.75 Å². The quantitative estimate of drug-likeness (QED) is 0.635. The van der Waals surface area contributed by atoms with Crippen molar-refractivity contribution in [1.29, 1.82) is 0 Å². The zero-order chi connectivity index (χ0) is 11.7. The molecule has 0 fully saturated rings. The van der Waals surface area contributed by atoms with Gasteiger partial charge in [-0.3, -0.25) is 4.84 Å². The summed E-state index contributed by atoms with van der Waals surface area (Å²) in [6.07, 6.45) is 1.85. The van der Waals surface area contributed by atoms with Gasteiger partial charge in [0.25, 0.3) is 5.09 Å². The first kappa shape index (κ1) is 10.3. The molecule has 0 bridgehead atoms.